The van der Waals surface area contributed by atoms with E-state index in [0.29, 0.717) is 16.5 Å². The van der Waals surface area contributed by atoms with E-state index in [4.69, 9.17) is 22.1 Å². The molecule has 0 aromatic heterocycles. The van der Waals surface area contributed by atoms with Gasteiger partial charge < -0.3 is 10.5 Å². The average molecular weight is 252 g/mol. The van der Waals surface area contributed by atoms with Crippen molar-refractivity contribution in [3.63, 3.8) is 0 Å². The summed E-state index contributed by atoms with van der Waals surface area (Å²) in [7, 11) is 0. The number of halogens is 2. The summed E-state index contributed by atoms with van der Waals surface area (Å²) in [4.78, 5) is 0. The van der Waals surface area contributed by atoms with Crippen LogP contribution in [0.2, 0.25) is 5.02 Å². The van der Waals surface area contributed by atoms with E-state index in [-0.39, 0.29) is 12.4 Å². The molecule has 88 valence electrons. The first-order chi connectivity index (χ1) is 8.15. The van der Waals surface area contributed by atoms with Gasteiger partial charge in [-0.25, -0.2) is 4.39 Å². The van der Waals surface area contributed by atoms with Crippen molar-refractivity contribution in [3.05, 3.63) is 58.9 Å². The lowest BCUT2D eigenvalue weighted by atomic mass is 10.2. The topological polar surface area (TPSA) is 35.2 Å². The molecule has 0 unspecified atom stereocenters. The van der Waals surface area contributed by atoms with E-state index in [1.54, 1.807) is 30.3 Å². The molecule has 0 amide bonds. The lowest BCUT2D eigenvalue weighted by Gasteiger charge is -2.08. The zero-order valence-corrected chi connectivity index (χ0v) is 9.75. The summed E-state index contributed by atoms with van der Waals surface area (Å²) in [6.45, 7) is 0.251. The molecule has 0 saturated heterocycles. The lowest BCUT2D eigenvalue weighted by molar-refractivity contribution is 0.306. The minimum atomic E-state index is -0.287. The summed E-state index contributed by atoms with van der Waals surface area (Å²) >= 11 is 5.94. The van der Waals surface area contributed by atoms with Gasteiger partial charge in [-0.3, -0.25) is 0 Å². The van der Waals surface area contributed by atoms with Crippen LogP contribution in [0, 0.1) is 5.82 Å². The Labute approximate surface area is 104 Å². The molecule has 2 rings (SSSR count). The Kier molecular flexibility index (Phi) is 3.49. The van der Waals surface area contributed by atoms with E-state index in [0.717, 1.165) is 5.56 Å². The molecule has 0 spiro atoms. The summed E-state index contributed by atoms with van der Waals surface area (Å²) in [6.07, 6.45) is 0. The molecule has 2 N–H and O–H groups in total. The second-order valence-corrected chi connectivity index (χ2v) is 4.02. The van der Waals surface area contributed by atoms with E-state index in [1.165, 1.54) is 12.1 Å². The second kappa shape index (κ2) is 5.06. The maximum absolute atomic E-state index is 12.9. The highest BCUT2D eigenvalue weighted by Crippen LogP contribution is 2.27. The third-order valence-corrected chi connectivity index (χ3v) is 2.55. The van der Waals surface area contributed by atoms with Crippen molar-refractivity contribution in [3.8, 4) is 5.75 Å². The van der Waals surface area contributed by atoms with Crippen LogP contribution in [0.4, 0.5) is 10.1 Å². The Bertz CT molecular complexity index is 531. The minimum Gasteiger partial charge on any atom is -0.487 e. The summed E-state index contributed by atoms with van der Waals surface area (Å²) in [5, 5.41) is 0.482. The fourth-order valence-electron chi connectivity index (χ4n) is 1.42. The van der Waals surface area contributed by atoms with E-state index in [9.17, 15) is 4.39 Å². The monoisotopic (exact) mass is 251 g/mol. The Morgan fingerprint density at radius 1 is 1.18 bits per heavy atom. The summed E-state index contributed by atoms with van der Waals surface area (Å²) in [5.41, 5.74) is 6.93. The van der Waals surface area contributed by atoms with Crippen LogP contribution in [-0.4, -0.2) is 0 Å². The molecule has 2 aromatic carbocycles. The molecule has 0 aliphatic heterocycles. The molecule has 0 fully saturated rings. The lowest BCUT2D eigenvalue weighted by Crippen LogP contribution is -1.97. The molecular weight excluding hydrogens is 241 g/mol. The fourth-order valence-corrected chi connectivity index (χ4v) is 1.59. The largest absolute Gasteiger partial charge is 0.487 e. The predicted octanol–water partition coefficient (Wildman–Crippen LogP) is 3.64. The first-order valence-corrected chi connectivity index (χ1v) is 5.45. The standard InChI is InChI=1S/C13H11ClFNO/c14-12-5-4-11(16)7-13(12)17-8-9-2-1-3-10(15)6-9/h1-7H,8,16H2. The predicted molar refractivity (Wildman–Crippen MR) is 66.6 cm³/mol. The molecule has 0 bridgehead atoms. The van der Waals surface area contributed by atoms with Gasteiger partial charge in [0.1, 0.15) is 18.2 Å². The molecule has 0 radical (unpaired) electrons. The SMILES string of the molecule is Nc1ccc(Cl)c(OCc2cccc(F)c2)c1. The Hall–Kier alpha value is -1.74. The third-order valence-electron chi connectivity index (χ3n) is 2.24. The zero-order valence-electron chi connectivity index (χ0n) is 8.99. The first kappa shape index (κ1) is 11.7. The van der Waals surface area contributed by atoms with Crippen molar-refractivity contribution < 1.29 is 9.13 Å². The summed E-state index contributed by atoms with van der Waals surface area (Å²) in [6, 6.07) is 11.2. The van der Waals surface area contributed by atoms with E-state index < -0.39 is 0 Å². The maximum atomic E-state index is 12.9. The van der Waals surface area contributed by atoms with Gasteiger partial charge in [-0.1, -0.05) is 23.7 Å². The average Bonchev–Trinajstić information content (AvgIpc) is 2.30. The van der Waals surface area contributed by atoms with Crippen molar-refractivity contribution in [2.24, 2.45) is 0 Å². The second-order valence-electron chi connectivity index (χ2n) is 3.61. The number of nitrogens with two attached hydrogens (primary N) is 1. The third kappa shape index (κ3) is 3.11. The highest BCUT2D eigenvalue weighted by atomic mass is 35.5. The Morgan fingerprint density at radius 2 is 2.00 bits per heavy atom. The van der Waals surface area contributed by atoms with Gasteiger partial charge in [-0.2, -0.15) is 0 Å². The Balaban J connectivity index is 2.09. The van der Waals surface area contributed by atoms with Gasteiger partial charge in [-0.05, 0) is 29.8 Å². The van der Waals surface area contributed by atoms with Crippen molar-refractivity contribution in [2.75, 3.05) is 5.73 Å². The van der Waals surface area contributed by atoms with E-state index in [2.05, 4.69) is 0 Å². The van der Waals surface area contributed by atoms with Gasteiger partial charge in [-0.15, -0.1) is 0 Å². The van der Waals surface area contributed by atoms with Gasteiger partial charge in [0, 0.05) is 11.8 Å². The molecule has 2 nitrogen and oxygen atoms in total. The van der Waals surface area contributed by atoms with Crippen LogP contribution in [0.1, 0.15) is 5.56 Å². The summed E-state index contributed by atoms with van der Waals surface area (Å²) < 4.78 is 18.4. The highest BCUT2D eigenvalue weighted by Gasteiger charge is 2.03. The summed E-state index contributed by atoms with van der Waals surface area (Å²) in [5.74, 6) is 0.209. The molecule has 4 heteroatoms. The molecule has 0 atom stereocenters. The van der Waals surface area contributed by atoms with Gasteiger partial charge in [0.25, 0.3) is 0 Å². The minimum absolute atomic E-state index is 0.251. The van der Waals surface area contributed by atoms with Crippen LogP contribution in [-0.2, 0) is 6.61 Å². The Morgan fingerprint density at radius 3 is 2.76 bits per heavy atom. The van der Waals surface area contributed by atoms with Crippen LogP contribution in [0.15, 0.2) is 42.5 Å². The van der Waals surface area contributed by atoms with Crippen molar-refractivity contribution in [1.82, 2.24) is 0 Å². The highest BCUT2D eigenvalue weighted by molar-refractivity contribution is 6.32. The number of hydrogen-bond acceptors (Lipinski definition) is 2. The van der Waals surface area contributed by atoms with Gasteiger partial charge in [0.05, 0.1) is 5.02 Å². The maximum Gasteiger partial charge on any atom is 0.140 e. The number of rotatable bonds is 3. The molecule has 0 heterocycles. The molecule has 0 saturated carbocycles. The number of hydrogen-bond donors (Lipinski definition) is 1. The van der Waals surface area contributed by atoms with Gasteiger partial charge in [0.2, 0.25) is 0 Å². The molecule has 0 aliphatic rings. The van der Waals surface area contributed by atoms with E-state index in [1.807, 2.05) is 0 Å². The number of anilines is 1. The number of ether oxygens (including phenoxy) is 1. The van der Waals surface area contributed by atoms with Crippen LogP contribution >= 0.6 is 11.6 Å². The van der Waals surface area contributed by atoms with Crippen LogP contribution in [0.25, 0.3) is 0 Å². The van der Waals surface area contributed by atoms with Crippen LogP contribution in [0.3, 0.4) is 0 Å². The van der Waals surface area contributed by atoms with Crippen molar-refractivity contribution >= 4 is 17.3 Å². The molecule has 17 heavy (non-hydrogen) atoms. The zero-order chi connectivity index (χ0) is 12.3. The van der Waals surface area contributed by atoms with Gasteiger partial charge >= 0.3 is 0 Å². The van der Waals surface area contributed by atoms with Crippen LogP contribution < -0.4 is 10.5 Å². The van der Waals surface area contributed by atoms with Crippen molar-refractivity contribution in [2.45, 2.75) is 6.61 Å². The molecule has 0 aliphatic carbocycles. The molecule has 2 aromatic rings. The quantitative estimate of drug-likeness (QED) is 0.846. The smallest absolute Gasteiger partial charge is 0.140 e. The van der Waals surface area contributed by atoms with Crippen LogP contribution in [0.5, 0.6) is 5.75 Å². The number of benzene rings is 2. The number of nitrogen functional groups attached to an aromatic ring is 1. The first-order valence-electron chi connectivity index (χ1n) is 5.07. The van der Waals surface area contributed by atoms with E-state index >= 15 is 0 Å². The van der Waals surface area contributed by atoms with Crippen molar-refractivity contribution in [1.29, 1.82) is 0 Å². The normalized spacial score (nSPS) is 10.2. The fraction of sp³-hybridized carbons (Fsp3) is 0.0769. The molecular formula is C13H11ClFNO. The van der Waals surface area contributed by atoms with Gasteiger partial charge in [0.15, 0.2) is 0 Å².